The van der Waals surface area contributed by atoms with Crippen molar-refractivity contribution in [2.45, 2.75) is 62.3 Å². The van der Waals surface area contributed by atoms with E-state index in [0.29, 0.717) is 87.4 Å². The molecule has 8 aromatic carbocycles. The van der Waals surface area contributed by atoms with Crippen LogP contribution in [0.15, 0.2) is 170 Å². The lowest BCUT2D eigenvalue weighted by Crippen LogP contribution is -2.04. The minimum absolute atomic E-state index is 0.516. The first kappa shape index (κ1) is 54.1. The lowest BCUT2D eigenvalue weighted by molar-refractivity contribution is 0.928. The van der Waals surface area contributed by atoms with Crippen molar-refractivity contribution in [1.82, 2.24) is 83.9 Å². The molecular weight excluding hydrogens is 1100 g/mol. The van der Waals surface area contributed by atoms with Crippen LogP contribution in [0.25, 0.3) is 146 Å². The third kappa shape index (κ3) is 9.93. The summed E-state index contributed by atoms with van der Waals surface area (Å²) in [5.74, 6) is 9.19. The van der Waals surface area contributed by atoms with Crippen molar-refractivity contribution in [1.29, 1.82) is 0 Å². The van der Waals surface area contributed by atoms with Gasteiger partial charge in [-0.15, -0.1) is 0 Å². The Kier molecular flexibility index (Phi) is 13.0. The number of hydrogen-bond donors (Lipinski definition) is 0. The Bertz CT molecular complexity index is 5030. The molecule has 0 amide bonds. The number of aryl methyl sites for hydroxylation is 9. The second kappa shape index (κ2) is 21.4. The number of rotatable bonds is 10. The first-order valence-electron chi connectivity index (χ1n) is 29.3. The van der Waals surface area contributed by atoms with E-state index in [-0.39, 0.29) is 0 Å². The summed E-state index contributed by atoms with van der Waals surface area (Å²) in [7, 11) is 0. The maximum absolute atomic E-state index is 5.28. The predicted octanol–water partition coefficient (Wildman–Crippen LogP) is 14.9. The van der Waals surface area contributed by atoms with Crippen molar-refractivity contribution < 1.29 is 0 Å². The van der Waals surface area contributed by atoms with E-state index >= 15 is 0 Å². The molecule has 15 aromatic rings. The van der Waals surface area contributed by atoms with Gasteiger partial charge >= 0.3 is 0 Å². The fourth-order valence-electron chi connectivity index (χ4n) is 12.2. The van der Waals surface area contributed by atoms with E-state index in [4.69, 9.17) is 54.8 Å². The normalized spacial score (nSPS) is 11.7. The van der Waals surface area contributed by atoms with E-state index in [1.165, 1.54) is 0 Å². The van der Waals surface area contributed by atoms with Crippen LogP contribution in [0, 0.1) is 62.3 Å². The number of nitrogens with zero attached hydrogens (tertiary/aromatic N) is 17. The van der Waals surface area contributed by atoms with Gasteiger partial charge in [0.1, 0.15) is 46.6 Å². The minimum Gasteiger partial charge on any atom is -0.309 e. The number of benzene rings is 8. The Morgan fingerprint density at radius 2 is 0.472 bits per heavy atom. The van der Waals surface area contributed by atoms with Gasteiger partial charge in [0.25, 0.3) is 0 Å². The summed E-state index contributed by atoms with van der Waals surface area (Å²) in [5, 5.41) is 3.94. The molecule has 0 aliphatic heterocycles. The van der Waals surface area contributed by atoms with Gasteiger partial charge in [-0.1, -0.05) is 84.9 Å². The molecule has 0 N–H and O–H groups in total. The molecule has 0 unspecified atom stereocenters. The molecular formula is C72H55N17. The van der Waals surface area contributed by atoms with E-state index in [2.05, 4.69) is 145 Å². The zero-order valence-corrected chi connectivity index (χ0v) is 50.3. The highest BCUT2D eigenvalue weighted by atomic mass is 15.1. The van der Waals surface area contributed by atoms with Gasteiger partial charge in [0.15, 0.2) is 40.8 Å². The Morgan fingerprint density at radius 3 is 0.798 bits per heavy atom. The van der Waals surface area contributed by atoms with E-state index in [1.54, 1.807) is 0 Å². The standard InChI is InChI=1S/C72H55N17/c1-38-20-26-54(64(32-38)88-60-28-22-49(68-77-39(2)73-40(3)78-68)33-56(60)57-34-50(23-29-61(57)88)69-79-41(4)74-42(5)80-69)55-27-21-53(72-86-66(47-16-12-10-13-17-47)85-67(87-72)48-18-14-11-15-19-48)37-65(55)89-62-30-24-51(70-81-43(6)75-44(7)82-70)35-58(62)59-36-52(25-31-63(59)89)71-83-45(8)76-46(9)84-71/h10-37H,1-9H3. The predicted molar refractivity (Wildman–Crippen MR) is 348 cm³/mol. The van der Waals surface area contributed by atoms with Crippen LogP contribution in [0.1, 0.15) is 52.2 Å². The van der Waals surface area contributed by atoms with Gasteiger partial charge < -0.3 is 9.13 Å². The minimum atomic E-state index is 0.516. The van der Waals surface area contributed by atoms with Gasteiger partial charge in [0.2, 0.25) is 0 Å². The fourth-order valence-corrected chi connectivity index (χ4v) is 12.2. The van der Waals surface area contributed by atoms with Gasteiger partial charge in [0.05, 0.1) is 33.4 Å². The molecule has 0 aliphatic carbocycles. The van der Waals surface area contributed by atoms with Crippen LogP contribution >= 0.6 is 0 Å². The highest BCUT2D eigenvalue weighted by Gasteiger charge is 2.25. The van der Waals surface area contributed by atoms with Crippen molar-refractivity contribution in [3.8, 4) is 102 Å². The Morgan fingerprint density at radius 1 is 0.213 bits per heavy atom. The molecule has 0 saturated carbocycles. The monoisotopic (exact) mass is 1160 g/mol. The van der Waals surface area contributed by atoms with E-state index < -0.39 is 0 Å². The summed E-state index contributed by atoms with van der Waals surface area (Å²) in [5.41, 5.74) is 14.6. The van der Waals surface area contributed by atoms with Crippen molar-refractivity contribution >= 4 is 43.6 Å². The molecule has 0 radical (unpaired) electrons. The van der Waals surface area contributed by atoms with Crippen LogP contribution in [-0.2, 0) is 0 Å². The molecule has 0 fully saturated rings. The quantitative estimate of drug-likeness (QED) is 0.125. The first-order chi connectivity index (χ1) is 43.2. The Balaban J connectivity index is 1.03. The van der Waals surface area contributed by atoms with E-state index in [0.717, 1.165) is 111 Å². The number of aromatic nitrogens is 17. The van der Waals surface area contributed by atoms with Crippen LogP contribution in [-0.4, -0.2) is 83.9 Å². The lowest BCUT2D eigenvalue weighted by atomic mass is 9.97. The van der Waals surface area contributed by atoms with Crippen molar-refractivity contribution in [3.05, 3.63) is 222 Å². The summed E-state index contributed by atoms with van der Waals surface area (Å²) >= 11 is 0. The molecule has 17 heteroatoms. The number of hydrogen-bond acceptors (Lipinski definition) is 15. The largest absolute Gasteiger partial charge is 0.309 e. The van der Waals surface area contributed by atoms with Gasteiger partial charge in [0, 0.05) is 71.6 Å². The molecule has 17 nitrogen and oxygen atoms in total. The van der Waals surface area contributed by atoms with Gasteiger partial charge in [-0.2, -0.15) is 0 Å². The van der Waals surface area contributed by atoms with Crippen molar-refractivity contribution in [3.63, 3.8) is 0 Å². The Hall–Kier alpha value is -11.6. The van der Waals surface area contributed by atoms with Gasteiger partial charge in [-0.3, -0.25) is 0 Å². The molecule has 0 spiro atoms. The molecule has 15 rings (SSSR count). The van der Waals surface area contributed by atoms with Crippen LogP contribution in [0.3, 0.4) is 0 Å². The molecule has 0 aliphatic rings. The van der Waals surface area contributed by atoms with Crippen molar-refractivity contribution in [2.24, 2.45) is 0 Å². The molecule has 0 saturated heterocycles. The summed E-state index contributed by atoms with van der Waals surface area (Å²) in [6, 6.07) is 59.2. The third-order valence-corrected chi connectivity index (χ3v) is 15.9. The van der Waals surface area contributed by atoms with Crippen LogP contribution in [0.2, 0.25) is 0 Å². The third-order valence-electron chi connectivity index (χ3n) is 15.9. The van der Waals surface area contributed by atoms with Crippen LogP contribution in [0.4, 0.5) is 0 Å². The fraction of sp³-hybridized carbons (Fsp3) is 0.125. The molecule has 0 bridgehead atoms. The van der Waals surface area contributed by atoms with Crippen molar-refractivity contribution in [2.75, 3.05) is 0 Å². The lowest BCUT2D eigenvalue weighted by Gasteiger charge is -2.20. The van der Waals surface area contributed by atoms with E-state index in [9.17, 15) is 0 Å². The molecule has 7 aromatic heterocycles. The summed E-state index contributed by atoms with van der Waals surface area (Å²) in [4.78, 5) is 72.4. The molecule has 0 atom stereocenters. The highest BCUT2D eigenvalue weighted by Crippen LogP contribution is 2.45. The maximum atomic E-state index is 5.28. The van der Waals surface area contributed by atoms with Gasteiger partial charge in [-0.05, 0) is 153 Å². The summed E-state index contributed by atoms with van der Waals surface area (Å²) in [6.07, 6.45) is 0. The Labute approximate surface area is 511 Å². The second-order valence-electron chi connectivity index (χ2n) is 22.4. The first-order valence-corrected chi connectivity index (χ1v) is 29.3. The van der Waals surface area contributed by atoms with Gasteiger partial charge in [-0.25, -0.2) is 74.8 Å². The zero-order chi connectivity index (χ0) is 60.8. The molecule has 89 heavy (non-hydrogen) atoms. The van der Waals surface area contributed by atoms with Crippen LogP contribution in [0.5, 0.6) is 0 Å². The van der Waals surface area contributed by atoms with Crippen LogP contribution < -0.4 is 0 Å². The maximum Gasteiger partial charge on any atom is 0.164 e. The summed E-state index contributed by atoms with van der Waals surface area (Å²) < 4.78 is 4.73. The zero-order valence-electron chi connectivity index (χ0n) is 50.3. The average Bonchev–Trinajstić information content (AvgIpc) is 1.68. The SMILES string of the molecule is Cc1ccc(-c2ccc(-c3nc(-c4ccccc4)nc(-c4ccccc4)n3)cc2-n2c3ccc(-c4nc(C)nc(C)n4)cc3c3cc(-c4nc(C)nc(C)n4)ccc32)c(-n2c3ccc(-c4nc(C)nc(C)n4)cc3c3cc(-c4nc(C)nc(C)n4)ccc32)c1. The molecule has 7 heterocycles. The summed E-state index contributed by atoms with van der Waals surface area (Å²) in [6.45, 7) is 17.3. The average molecular weight is 1160 g/mol. The number of fused-ring (bicyclic) bond motifs is 6. The molecule has 428 valence electrons. The second-order valence-corrected chi connectivity index (χ2v) is 22.4. The highest BCUT2D eigenvalue weighted by molar-refractivity contribution is 6.14. The van der Waals surface area contributed by atoms with E-state index in [1.807, 2.05) is 116 Å². The topological polar surface area (TPSA) is 203 Å². The smallest absolute Gasteiger partial charge is 0.164 e.